The summed E-state index contributed by atoms with van der Waals surface area (Å²) in [7, 11) is 3.25. The maximum absolute atomic E-state index is 12.7. The normalized spacial score (nSPS) is 14.9. The number of methoxy groups -OCH3 is 2. The molecule has 2 aliphatic rings. The second kappa shape index (κ2) is 12.9. The molecule has 0 unspecified atom stereocenters. The first-order valence-electron chi connectivity index (χ1n) is 13.1. The average Bonchev–Trinajstić information content (AvgIpc) is 3.63. The number of hydrogen-bond donors (Lipinski definition) is 1. The molecule has 1 aromatic heterocycles. The van der Waals surface area contributed by atoms with Crippen molar-refractivity contribution in [1.29, 1.82) is 0 Å². The third kappa shape index (κ3) is 7.03. The fraction of sp³-hybridized carbons (Fsp3) is 0.414. The fourth-order valence-corrected chi connectivity index (χ4v) is 4.75. The van der Waals surface area contributed by atoms with E-state index < -0.39 is 0 Å². The molecule has 3 aromatic rings. The summed E-state index contributed by atoms with van der Waals surface area (Å²) in [6, 6.07) is 15.4. The zero-order chi connectivity index (χ0) is 27.0. The van der Waals surface area contributed by atoms with Crippen molar-refractivity contribution in [3.63, 3.8) is 0 Å². The van der Waals surface area contributed by atoms with Crippen molar-refractivity contribution < 1.29 is 32.9 Å². The molecule has 5 rings (SSSR count). The van der Waals surface area contributed by atoms with Crippen LogP contribution in [0.2, 0.25) is 0 Å². The van der Waals surface area contributed by atoms with E-state index in [1.807, 2.05) is 42.5 Å². The van der Waals surface area contributed by atoms with Crippen LogP contribution in [0.15, 0.2) is 52.9 Å². The highest BCUT2D eigenvalue weighted by Gasteiger charge is 2.18. The molecule has 0 spiro atoms. The predicted molar refractivity (Wildman–Crippen MR) is 143 cm³/mol. The standard InChI is InChI=1S/C29H35N3O7/c1-34-24-6-3-21(15-27(24)35-2)17-32(18-22-4-7-25-28(16-22)38-20-37-25)19-23-5-8-26(39-23)29(33)30-9-10-31-11-13-36-14-12-31/h3-8,15-16H,9-14,17-20H2,1-2H3,(H,30,33). The zero-order valence-electron chi connectivity index (χ0n) is 22.4. The molecule has 1 saturated heterocycles. The van der Waals surface area contributed by atoms with Gasteiger partial charge in [-0.3, -0.25) is 14.6 Å². The Bertz CT molecular complexity index is 1260. The van der Waals surface area contributed by atoms with Crippen LogP contribution < -0.4 is 24.3 Å². The Hall–Kier alpha value is -3.73. The van der Waals surface area contributed by atoms with E-state index in [-0.39, 0.29) is 12.7 Å². The summed E-state index contributed by atoms with van der Waals surface area (Å²) < 4.78 is 33.3. The molecule has 0 radical (unpaired) electrons. The summed E-state index contributed by atoms with van der Waals surface area (Å²) in [5.41, 5.74) is 2.13. The minimum atomic E-state index is -0.211. The van der Waals surface area contributed by atoms with Crippen LogP contribution in [0.25, 0.3) is 0 Å². The van der Waals surface area contributed by atoms with Gasteiger partial charge in [-0.05, 0) is 47.5 Å². The summed E-state index contributed by atoms with van der Waals surface area (Å²) in [6.07, 6.45) is 0. The lowest BCUT2D eigenvalue weighted by atomic mass is 10.1. The molecule has 0 atom stereocenters. The van der Waals surface area contributed by atoms with Crippen LogP contribution in [0.1, 0.15) is 27.4 Å². The van der Waals surface area contributed by atoms with E-state index in [0.29, 0.717) is 49.2 Å². The molecule has 39 heavy (non-hydrogen) atoms. The highest BCUT2D eigenvalue weighted by molar-refractivity contribution is 5.91. The third-order valence-corrected chi connectivity index (χ3v) is 6.78. The van der Waals surface area contributed by atoms with Gasteiger partial charge in [0.25, 0.3) is 5.91 Å². The smallest absolute Gasteiger partial charge is 0.287 e. The monoisotopic (exact) mass is 537 g/mol. The first-order chi connectivity index (χ1) is 19.1. The molecule has 1 N–H and O–H groups in total. The fourth-order valence-electron chi connectivity index (χ4n) is 4.75. The molecular formula is C29H35N3O7. The van der Waals surface area contributed by atoms with E-state index in [2.05, 4.69) is 15.1 Å². The second-order valence-electron chi connectivity index (χ2n) is 9.50. The number of carbonyl (C=O) groups excluding carboxylic acids is 1. The summed E-state index contributed by atoms with van der Waals surface area (Å²) >= 11 is 0. The van der Waals surface area contributed by atoms with Gasteiger partial charge < -0.3 is 33.4 Å². The molecule has 1 amide bonds. The lowest BCUT2D eigenvalue weighted by molar-refractivity contribution is 0.0382. The van der Waals surface area contributed by atoms with E-state index in [1.54, 1.807) is 20.3 Å². The van der Waals surface area contributed by atoms with Crippen molar-refractivity contribution in [2.45, 2.75) is 19.6 Å². The number of nitrogens with zero attached hydrogens (tertiary/aromatic N) is 2. The van der Waals surface area contributed by atoms with Crippen LogP contribution in [-0.4, -0.2) is 76.1 Å². The molecule has 10 nitrogen and oxygen atoms in total. The minimum Gasteiger partial charge on any atom is -0.493 e. The number of hydrogen-bond acceptors (Lipinski definition) is 9. The molecule has 1 fully saturated rings. The van der Waals surface area contributed by atoms with Crippen LogP contribution in [0.5, 0.6) is 23.0 Å². The molecule has 208 valence electrons. The molecule has 2 aromatic carbocycles. The topological polar surface area (TPSA) is 94.9 Å². The summed E-state index contributed by atoms with van der Waals surface area (Å²) in [6.45, 7) is 6.59. The number of fused-ring (bicyclic) bond motifs is 1. The van der Waals surface area contributed by atoms with Gasteiger partial charge >= 0.3 is 0 Å². The van der Waals surface area contributed by atoms with Gasteiger partial charge in [0.05, 0.1) is 34.0 Å². The van der Waals surface area contributed by atoms with Crippen molar-refractivity contribution >= 4 is 5.91 Å². The number of amides is 1. The minimum absolute atomic E-state index is 0.211. The molecule has 10 heteroatoms. The largest absolute Gasteiger partial charge is 0.493 e. The van der Waals surface area contributed by atoms with E-state index in [9.17, 15) is 4.79 Å². The second-order valence-corrected chi connectivity index (χ2v) is 9.50. The lowest BCUT2D eigenvalue weighted by Crippen LogP contribution is -2.41. The number of ether oxygens (including phenoxy) is 5. The highest BCUT2D eigenvalue weighted by atomic mass is 16.7. The van der Waals surface area contributed by atoms with Gasteiger partial charge in [0, 0.05) is 39.3 Å². The molecule has 3 heterocycles. The van der Waals surface area contributed by atoms with Gasteiger partial charge in [-0.1, -0.05) is 12.1 Å². The number of morpholine rings is 1. The molecule has 0 saturated carbocycles. The van der Waals surface area contributed by atoms with E-state index >= 15 is 0 Å². The number of nitrogens with one attached hydrogen (secondary N) is 1. The predicted octanol–water partition coefficient (Wildman–Crippen LogP) is 3.29. The lowest BCUT2D eigenvalue weighted by Gasteiger charge is -2.26. The summed E-state index contributed by atoms with van der Waals surface area (Å²) in [4.78, 5) is 17.2. The van der Waals surface area contributed by atoms with Crippen LogP contribution in [-0.2, 0) is 24.4 Å². The Morgan fingerprint density at radius 2 is 1.64 bits per heavy atom. The SMILES string of the molecule is COc1ccc(CN(Cc2ccc3c(c2)OCO3)Cc2ccc(C(=O)NCCN3CCOCC3)o2)cc1OC. The highest BCUT2D eigenvalue weighted by Crippen LogP contribution is 2.33. The zero-order valence-corrected chi connectivity index (χ0v) is 22.4. The first-order valence-corrected chi connectivity index (χ1v) is 13.1. The first kappa shape index (κ1) is 26.9. The van der Waals surface area contributed by atoms with Crippen LogP contribution >= 0.6 is 0 Å². The van der Waals surface area contributed by atoms with E-state index in [0.717, 1.165) is 55.5 Å². The Morgan fingerprint density at radius 3 is 2.44 bits per heavy atom. The quantitative estimate of drug-likeness (QED) is 0.373. The number of rotatable bonds is 12. The average molecular weight is 538 g/mol. The summed E-state index contributed by atoms with van der Waals surface area (Å²) in [5.74, 6) is 3.64. The van der Waals surface area contributed by atoms with Crippen molar-refractivity contribution in [2.75, 3.05) is 60.4 Å². The number of benzene rings is 2. The molecule has 0 aliphatic carbocycles. The van der Waals surface area contributed by atoms with Gasteiger partial charge in [0.15, 0.2) is 28.8 Å². The Kier molecular flexibility index (Phi) is 8.87. The summed E-state index contributed by atoms with van der Waals surface area (Å²) in [5, 5.41) is 2.96. The van der Waals surface area contributed by atoms with Crippen molar-refractivity contribution in [3.05, 3.63) is 71.2 Å². The Labute approximate surface area is 228 Å². The Balaban J connectivity index is 1.26. The number of carbonyl (C=O) groups is 1. The van der Waals surface area contributed by atoms with Gasteiger partial charge in [-0.15, -0.1) is 0 Å². The van der Waals surface area contributed by atoms with Crippen molar-refractivity contribution in [3.8, 4) is 23.0 Å². The third-order valence-electron chi connectivity index (χ3n) is 6.78. The van der Waals surface area contributed by atoms with Gasteiger partial charge in [-0.2, -0.15) is 0 Å². The van der Waals surface area contributed by atoms with E-state index in [4.69, 9.17) is 28.1 Å². The van der Waals surface area contributed by atoms with Crippen LogP contribution in [0, 0.1) is 0 Å². The number of furan rings is 1. The van der Waals surface area contributed by atoms with E-state index in [1.165, 1.54) is 0 Å². The van der Waals surface area contributed by atoms with Gasteiger partial charge in [0.2, 0.25) is 6.79 Å². The Morgan fingerprint density at radius 1 is 0.897 bits per heavy atom. The van der Waals surface area contributed by atoms with Gasteiger partial charge in [0.1, 0.15) is 5.76 Å². The van der Waals surface area contributed by atoms with Crippen molar-refractivity contribution in [1.82, 2.24) is 15.1 Å². The van der Waals surface area contributed by atoms with Gasteiger partial charge in [-0.25, -0.2) is 0 Å². The molecule has 0 bridgehead atoms. The van der Waals surface area contributed by atoms with Crippen LogP contribution in [0.3, 0.4) is 0 Å². The van der Waals surface area contributed by atoms with Crippen molar-refractivity contribution in [2.24, 2.45) is 0 Å². The molecule has 2 aliphatic heterocycles. The van der Waals surface area contributed by atoms with Crippen LogP contribution in [0.4, 0.5) is 0 Å². The maximum atomic E-state index is 12.7. The molecular weight excluding hydrogens is 502 g/mol. The maximum Gasteiger partial charge on any atom is 0.287 e.